The largest absolute Gasteiger partial charge is 0.507 e. The average Bonchev–Trinajstić information content (AvgIpc) is 2.84. The SMILES string of the molecule is CNC(=O)c1ccc(C(C)(C)C)c(NC(=O)CN(c2cc(C)c(O)c(C)c2)S(=O)(=O)c2ccccc2)c1. The molecule has 0 aliphatic carbocycles. The number of nitrogens with zero attached hydrogens (tertiary/aromatic N) is 1. The second-order valence-corrected chi connectivity index (χ2v) is 11.8. The highest BCUT2D eigenvalue weighted by Gasteiger charge is 2.29. The van der Waals surface area contributed by atoms with Crippen molar-refractivity contribution in [2.24, 2.45) is 0 Å². The molecule has 0 unspecified atom stereocenters. The van der Waals surface area contributed by atoms with Crippen LogP contribution in [0.2, 0.25) is 0 Å². The number of carbonyl (C=O) groups is 2. The van der Waals surface area contributed by atoms with Gasteiger partial charge in [0.15, 0.2) is 0 Å². The zero-order chi connectivity index (χ0) is 27.5. The van der Waals surface area contributed by atoms with Crippen molar-refractivity contribution in [3.8, 4) is 5.75 Å². The van der Waals surface area contributed by atoms with Gasteiger partial charge in [-0.25, -0.2) is 8.42 Å². The molecular formula is C28H33N3O5S. The van der Waals surface area contributed by atoms with E-state index in [4.69, 9.17) is 0 Å². The third kappa shape index (κ3) is 6.11. The van der Waals surface area contributed by atoms with Gasteiger partial charge < -0.3 is 15.7 Å². The number of sulfonamides is 1. The van der Waals surface area contributed by atoms with E-state index >= 15 is 0 Å². The Hall–Kier alpha value is -3.85. The van der Waals surface area contributed by atoms with Gasteiger partial charge in [-0.1, -0.05) is 45.0 Å². The number of benzene rings is 3. The van der Waals surface area contributed by atoms with Crippen LogP contribution in [0.15, 0.2) is 65.6 Å². The minimum absolute atomic E-state index is 0.0307. The normalized spacial score (nSPS) is 11.6. The summed E-state index contributed by atoms with van der Waals surface area (Å²) in [5, 5.41) is 15.6. The number of amides is 2. The van der Waals surface area contributed by atoms with Crippen molar-refractivity contribution in [3.05, 3.63) is 82.9 Å². The van der Waals surface area contributed by atoms with E-state index in [1.165, 1.54) is 31.3 Å². The number of aryl methyl sites for hydroxylation is 2. The second kappa shape index (κ2) is 10.6. The lowest BCUT2D eigenvalue weighted by molar-refractivity contribution is -0.114. The highest BCUT2D eigenvalue weighted by Crippen LogP contribution is 2.33. The predicted molar refractivity (Wildman–Crippen MR) is 146 cm³/mol. The quantitative estimate of drug-likeness (QED) is 0.422. The van der Waals surface area contributed by atoms with Crippen molar-refractivity contribution in [1.82, 2.24) is 5.32 Å². The van der Waals surface area contributed by atoms with E-state index < -0.39 is 22.5 Å². The van der Waals surface area contributed by atoms with Crippen LogP contribution in [-0.4, -0.2) is 38.9 Å². The van der Waals surface area contributed by atoms with Gasteiger partial charge in [0.25, 0.3) is 15.9 Å². The molecule has 2 amide bonds. The van der Waals surface area contributed by atoms with E-state index in [0.717, 1.165) is 9.87 Å². The molecule has 0 heterocycles. The van der Waals surface area contributed by atoms with Gasteiger partial charge >= 0.3 is 0 Å². The lowest BCUT2D eigenvalue weighted by atomic mass is 9.85. The Balaban J connectivity index is 2.06. The van der Waals surface area contributed by atoms with E-state index in [1.54, 1.807) is 50.2 Å². The fourth-order valence-corrected chi connectivity index (χ4v) is 5.44. The Morgan fingerprint density at radius 1 is 0.946 bits per heavy atom. The van der Waals surface area contributed by atoms with Crippen LogP contribution in [0, 0.1) is 13.8 Å². The zero-order valence-corrected chi connectivity index (χ0v) is 22.7. The minimum Gasteiger partial charge on any atom is -0.507 e. The summed E-state index contributed by atoms with van der Waals surface area (Å²) in [6.07, 6.45) is 0. The number of nitrogens with one attached hydrogen (secondary N) is 2. The molecule has 3 N–H and O–H groups in total. The summed E-state index contributed by atoms with van der Waals surface area (Å²) in [6, 6.07) is 16.0. The van der Waals surface area contributed by atoms with Crippen LogP contribution in [0.4, 0.5) is 11.4 Å². The van der Waals surface area contributed by atoms with Gasteiger partial charge in [0, 0.05) is 18.3 Å². The smallest absolute Gasteiger partial charge is 0.264 e. The first-order valence-electron chi connectivity index (χ1n) is 11.8. The number of carbonyl (C=O) groups excluding carboxylic acids is 2. The molecule has 0 atom stereocenters. The predicted octanol–water partition coefficient (Wildman–Crippen LogP) is 4.50. The highest BCUT2D eigenvalue weighted by atomic mass is 32.2. The number of phenols is 1. The van der Waals surface area contributed by atoms with Crippen molar-refractivity contribution < 1.29 is 23.1 Å². The molecule has 0 saturated carbocycles. The van der Waals surface area contributed by atoms with Crippen molar-refractivity contribution in [2.45, 2.75) is 44.9 Å². The molecule has 0 aromatic heterocycles. The highest BCUT2D eigenvalue weighted by molar-refractivity contribution is 7.92. The molecule has 0 bridgehead atoms. The molecule has 3 aromatic rings. The third-order valence-corrected chi connectivity index (χ3v) is 7.76. The summed E-state index contributed by atoms with van der Waals surface area (Å²) in [6.45, 7) is 8.75. The van der Waals surface area contributed by atoms with Crippen molar-refractivity contribution in [2.75, 3.05) is 23.2 Å². The summed E-state index contributed by atoms with van der Waals surface area (Å²) in [5.74, 6) is -0.826. The number of aromatic hydroxyl groups is 1. The van der Waals surface area contributed by atoms with Gasteiger partial charge in [0.2, 0.25) is 5.91 Å². The van der Waals surface area contributed by atoms with Crippen LogP contribution in [0.3, 0.4) is 0 Å². The average molecular weight is 524 g/mol. The maximum absolute atomic E-state index is 13.7. The van der Waals surface area contributed by atoms with Gasteiger partial charge in [0.1, 0.15) is 12.3 Å². The maximum atomic E-state index is 13.7. The molecule has 0 saturated heterocycles. The number of hydrogen-bond donors (Lipinski definition) is 3. The Morgan fingerprint density at radius 2 is 1.54 bits per heavy atom. The molecule has 0 aliphatic heterocycles. The molecule has 0 fully saturated rings. The van der Waals surface area contributed by atoms with Crippen molar-refractivity contribution >= 4 is 33.2 Å². The summed E-state index contributed by atoms with van der Waals surface area (Å²) < 4.78 is 28.4. The minimum atomic E-state index is -4.13. The number of hydrogen-bond acceptors (Lipinski definition) is 5. The number of rotatable bonds is 7. The Morgan fingerprint density at radius 3 is 2.08 bits per heavy atom. The molecule has 8 nitrogen and oxygen atoms in total. The number of phenolic OH excluding ortho intramolecular Hbond substituents is 1. The second-order valence-electron chi connectivity index (χ2n) is 9.89. The standard InChI is InChI=1S/C28H33N3O5S/c1-18-14-21(15-19(2)26(18)33)31(37(35,36)22-10-8-7-9-11-22)17-25(32)30-24-16-20(27(34)29-6)12-13-23(24)28(3,4)5/h7-16,33H,17H2,1-6H3,(H,29,34)(H,30,32). The van der Waals surface area contributed by atoms with Crippen molar-refractivity contribution in [1.29, 1.82) is 0 Å². The van der Waals surface area contributed by atoms with E-state index in [1.807, 2.05) is 20.8 Å². The number of anilines is 2. The monoisotopic (exact) mass is 523 g/mol. The van der Waals surface area contributed by atoms with E-state index in [-0.39, 0.29) is 27.7 Å². The fraction of sp³-hybridized carbons (Fsp3) is 0.286. The maximum Gasteiger partial charge on any atom is 0.264 e. The summed E-state index contributed by atoms with van der Waals surface area (Å²) in [7, 11) is -2.61. The Labute approximate surface area is 218 Å². The Bertz CT molecular complexity index is 1400. The molecule has 0 spiro atoms. The third-order valence-electron chi connectivity index (χ3n) is 5.97. The van der Waals surface area contributed by atoms with Crippen LogP contribution in [0.1, 0.15) is 47.8 Å². The van der Waals surface area contributed by atoms with E-state index in [0.29, 0.717) is 22.4 Å². The molecule has 3 rings (SSSR count). The van der Waals surface area contributed by atoms with Crippen molar-refractivity contribution in [3.63, 3.8) is 0 Å². The fourth-order valence-electron chi connectivity index (χ4n) is 4.02. The molecule has 0 radical (unpaired) electrons. The zero-order valence-electron chi connectivity index (χ0n) is 21.9. The summed E-state index contributed by atoms with van der Waals surface area (Å²) >= 11 is 0. The van der Waals surface area contributed by atoms with Crippen LogP contribution in [0.25, 0.3) is 0 Å². The summed E-state index contributed by atoms with van der Waals surface area (Å²) in [4.78, 5) is 25.6. The van der Waals surface area contributed by atoms with E-state index in [9.17, 15) is 23.1 Å². The molecule has 0 aliphatic rings. The van der Waals surface area contributed by atoms with Gasteiger partial charge in [-0.2, -0.15) is 0 Å². The Kier molecular flexibility index (Phi) is 7.97. The molecule has 196 valence electrons. The van der Waals surface area contributed by atoms with Gasteiger partial charge in [-0.3, -0.25) is 13.9 Å². The first kappa shape index (κ1) is 27.7. The topological polar surface area (TPSA) is 116 Å². The van der Waals surface area contributed by atoms with E-state index in [2.05, 4.69) is 10.6 Å². The van der Waals surface area contributed by atoms with Crippen LogP contribution in [0.5, 0.6) is 5.75 Å². The lowest BCUT2D eigenvalue weighted by Crippen LogP contribution is -2.38. The van der Waals surface area contributed by atoms with Gasteiger partial charge in [-0.15, -0.1) is 0 Å². The first-order valence-corrected chi connectivity index (χ1v) is 13.2. The molecule has 37 heavy (non-hydrogen) atoms. The lowest BCUT2D eigenvalue weighted by Gasteiger charge is -2.27. The molecule has 3 aromatic carbocycles. The van der Waals surface area contributed by atoms with Crippen LogP contribution < -0.4 is 14.9 Å². The van der Waals surface area contributed by atoms with Gasteiger partial charge in [-0.05, 0) is 72.4 Å². The first-order chi connectivity index (χ1) is 17.3. The van der Waals surface area contributed by atoms with Crippen LogP contribution in [-0.2, 0) is 20.2 Å². The molecular weight excluding hydrogens is 490 g/mol. The van der Waals surface area contributed by atoms with Crippen LogP contribution >= 0.6 is 0 Å². The van der Waals surface area contributed by atoms with Gasteiger partial charge in [0.05, 0.1) is 10.6 Å². The molecule has 9 heteroatoms. The summed E-state index contributed by atoms with van der Waals surface area (Å²) in [5.41, 5.74) is 2.45.